The largest absolute Gasteiger partial charge is 0.395 e. The van der Waals surface area contributed by atoms with Crippen LogP contribution in [0.25, 0.3) is 11.1 Å². The molecule has 0 unspecified atom stereocenters. The molecule has 1 fully saturated rings. The number of pyridine rings is 1. The van der Waals surface area contributed by atoms with Crippen LogP contribution in [0.5, 0.6) is 0 Å². The number of nitrogens with zero attached hydrogens (tertiary/aromatic N) is 1. The third-order valence-corrected chi connectivity index (χ3v) is 7.14. The van der Waals surface area contributed by atoms with Gasteiger partial charge in [0.05, 0.1) is 17.3 Å². The van der Waals surface area contributed by atoms with E-state index in [9.17, 15) is 8.42 Å². The fraction of sp³-hybridized carbons (Fsp3) is 0.261. The van der Waals surface area contributed by atoms with E-state index in [2.05, 4.69) is 36.2 Å². The lowest BCUT2D eigenvalue weighted by Crippen LogP contribution is -2.09. The molecule has 1 N–H and O–H groups in total. The first-order chi connectivity index (χ1) is 13.5. The summed E-state index contributed by atoms with van der Waals surface area (Å²) in [5.41, 5.74) is 5.72. The van der Waals surface area contributed by atoms with E-state index < -0.39 is 9.84 Å². The molecule has 0 bridgehead atoms. The van der Waals surface area contributed by atoms with Crippen molar-refractivity contribution >= 4 is 9.84 Å². The molecule has 4 nitrogen and oxygen atoms in total. The monoisotopic (exact) mass is 393 g/mol. The molecular weight excluding hydrogens is 370 g/mol. The van der Waals surface area contributed by atoms with Crippen LogP contribution in [0.2, 0.25) is 0 Å². The van der Waals surface area contributed by atoms with Gasteiger partial charge in [0.1, 0.15) is 0 Å². The number of hydrogen-bond donors (Lipinski definition) is 1. The van der Waals surface area contributed by atoms with Crippen LogP contribution in [0.4, 0.5) is 0 Å². The van der Waals surface area contributed by atoms with E-state index in [0.29, 0.717) is 11.8 Å². The average molecular weight is 394 g/mol. The lowest BCUT2D eigenvalue weighted by Gasteiger charge is -2.11. The van der Waals surface area contributed by atoms with Gasteiger partial charge in [-0.1, -0.05) is 36.4 Å². The summed E-state index contributed by atoms with van der Waals surface area (Å²) in [4.78, 5) is 4.73. The number of aliphatic hydroxyl groups excluding tert-OH is 1. The number of aliphatic hydroxyl groups is 1. The lowest BCUT2D eigenvalue weighted by molar-refractivity contribution is 0.319. The van der Waals surface area contributed by atoms with E-state index in [-0.39, 0.29) is 17.3 Å². The van der Waals surface area contributed by atoms with Crippen LogP contribution in [0.1, 0.15) is 35.1 Å². The Bertz CT molecular complexity index is 1080. The molecule has 2 atom stereocenters. The minimum atomic E-state index is -3.43. The Morgan fingerprint density at radius 3 is 2.50 bits per heavy atom. The molecule has 1 aliphatic rings. The van der Waals surface area contributed by atoms with Gasteiger partial charge in [-0.05, 0) is 65.8 Å². The highest BCUT2D eigenvalue weighted by Gasteiger charge is 2.40. The summed E-state index contributed by atoms with van der Waals surface area (Å²) in [5.74, 6) is 0.707. The number of benzene rings is 2. The van der Waals surface area contributed by atoms with Crippen molar-refractivity contribution in [3.05, 3.63) is 83.7 Å². The predicted molar refractivity (Wildman–Crippen MR) is 110 cm³/mol. The Hall–Kier alpha value is -2.50. The quantitative estimate of drug-likeness (QED) is 0.685. The van der Waals surface area contributed by atoms with Gasteiger partial charge >= 0.3 is 0 Å². The van der Waals surface area contributed by atoms with Crippen LogP contribution in [0.15, 0.2) is 71.8 Å². The van der Waals surface area contributed by atoms with E-state index >= 15 is 0 Å². The molecule has 0 saturated heterocycles. The van der Waals surface area contributed by atoms with Crippen molar-refractivity contribution in [1.82, 2.24) is 4.98 Å². The summed E-state index contributed by atoms with van der Waals surface area (Å²) < 4.78 is 24.2. The van der Waals surface area contributed by atoms with Crippen LogP contribution >= 0.6 is 0 Å². The normalized spacial score (nSPS) is 18.8. The van der Waals surface area contributed by atoms with Crippen molar-refractivity contribution < 1.29 is 13.5 Å². The Morgan fingerprint density at radius 2 is 1.82 bits per heavy atom. The van der Waals surface area contributed by atoms with E-state index in [1.165, 1.54) is 5.56 Å². The maximum atomic E-state index is 12.1. The van der Waals surface area contributed by atoms with Gasteiger partial charge in [-0.25, -0.2) is 8.42 Å². The van der Waals surface area contributed by atoms with Crippen LogP contribution in [-0.4, -0.2) is 30.9 Å². The maximum Gasteiger partial charge on any atom is 0.180 e. The number of rotatable bonds is 6. The summed E-state index contributed by atoms with van der Waals surface area (Å²) in [6.07, 6.45) is 2.95. The fourth-order valence-electron chi connectivity index (χ4n) is 3.75. The highest BCUT2D eigenvalue weighted by Crippen LogP contribution is 2.54. The number of aromatic nitrogens is 1. The first kappa shape index (κ1) is 18.8. The second kappa shape index (κ2) is 7.49. The molecule has 1 aliphatic carbocycles. The summed E-state index contributed by atoms with van der Waals surface area (Å²) in [6, 6.07) is 19.5. The van der Waals surface area contributed by atoms with Gasteiger partial charge in [0.25, 0.3) is 0 Å². The Morgan fingerprint density at radius 1 is 1.04 bits per heavy atom. The summed E-state index contributed by atoms with van der Waals surface area (Å²) in [6.45, 7) is 1.70. The molecule has 1 saturated carbocycles. The summed E-state index contributed by atoms with van der Waals surface area (Å²) in [7, 11) is -3.43. The molecule has 1 aromatic heterocycles. The van der Waals surface area contributed by atoms with Crippen molar-refractivity contribution in [2.24, 2.45) is 0 Å². The molecule has 5 heteroatoms. The minimum Gasteiger partial charge on any atom is -0.395 e. The molecule has 0 amide bonds. The van der Waals surface area contributed by atoms with Gasteiger partial charge in [-0.2, -0.15) is 0 Å². The summed E-state index contributed by atoms with van der Waals surface area (Å²) >= 11 is 0. The van der Waals surface area contributed by atoms with Crippen LogP contribution in [0, 0.1) is 6.92 Å². The molecule has 28 heavy (non-hydrogen) atoms. The highest BCUT2D eigenvalue weighted by molar-refractivity contribution is 7.91. The standard InChI is InChI=1S/C23H23NO3S/c1-16-5-6-18(21-15-22(21)23-4-2-3-11-24-23)14-20(16)17-7-9-19(10-8-17)28(26,27)13-12-25/h2-11,14,21-22,25H,12-13,15H2,1H3/t21-,22-/m0/s1. The Balaban J connectivity index is 1.60. The predicted octanol–water partition coefficient (Wildman–Crippen LogP) is 4.09. The van der Waals surface area contributed by atoms with Crippen molar-refractivity contribution in [2.75, 3.05) is 12.4 Å². The SMILES string of the molecule is Cc1ccc([C@@H]2C[C@@H]2c2ccccn2)cc1-c1ccc(S(=O)(=O)CCO)cc1. The van der Waals surface area contributed by atoms with Gasteiger partial charge < -0.3 is 5.11 Å². The van der Waals surface area contributed by atoms with Crippen LogP contribution < -0.4 is 0 Å². The van der Waals surface area contributed by atoms with Gasteiger partial charge in [0, 0.05) is 17.8 Å². The zero-order valence-electron chi connectivity index (χ0n) is 15.7. The fourth-order valence-corrected chi connectivity index (χ4v) is 4.77. The third kappa shape index (κ3) is 3.73. The van der Waals surface area contributed by atoms with Crippen molar-refractivity contribution in [3.63, 3.8) is 0 Å². The second-order valence-electron chi connectivity index (χ2n) is 7.34. The van der Waals surface area contributed by atoms with Gasteiger partial charge in [-0.15, -0.1) is 0 Å². The van der Waals surface area contributed by atoms with E-state index in [1.54, 1.807) is 12.1 Å². The Labute approximate surface area is 165 Å². The smallest absolute Gasteiger partial charge is 0.180 e. The van der Waals surface area contributed by atoms with Crippen molar-refractivity contribution in [3.8, 4) is 11.1 Å². The number of aryl methyl sites for hydroxylation is 1. The maximum absolute atomic E-state index is 12.1. The van der Waals surface area contributed by atoms with Crippen molar-refractivity contribution in [1.29, 1.82) is 0 Å². The zero-order valence-corrected chi connectivity index (χ0v) is 16.6. The first-order valence-electron chi connectivity index (χ1n) is 9.45. The average Bonchev–Trinajstić information content (AvgIpc) is 3.50. The molecular formula is C23H23NO3S. The second-order valence-corrected chi connectivity index (χ2v) is 9.45. The van der Waals surface area contributed by atoms with Crippen LogP contribution in [0.3, 0.4) is 0 Å². The molecule has 0 radical (unpaired) electrons. The third-order valence-electron chi connectivity index (χ3n) is 5.43. The van der Waals surface area contributed by atoms with E-state index in [0.717, 1.165) is 28.8 Å². The van der Waals surface area contributed by atoms with Crippen LogP contribution in [-0.2, 0) is 9.84 Å². The first-order valence-corrected chi connectivity index (χ1v) is 11.1. The van der Waals surface area contributed by atoms with Crippen molar-refractivity contribution in [2.45, 2.75) is 30.1 Å². The van der Waals surface area contributed by atoms with Gasteiger partial charge in [0.15, 0.2) is 9.84 Å². The molecule has 4 rings (SSSR count). The zero-order chi connectivity index (χ0) is 19.7. The van der Waals surface area contributed by atoms with E-state index in [4.69, 9.17) is 5.11 Å². The molecule has 3 aromatic rings. The molecule has 144 valence electrons. The molecule has 0 aliphatic heterocycles. The Kier molecular flexibility index (Phi) is 5.04. The molecule has 0 spiro atoms. The number of sulfone groups is 1. The topological polar surface area (TPSA) is 67.3 Å². The van der Waals surface area contributed by atoms with E-state index in [1.807, 2.05) is 30.5 Å². The molecule has 1 heterocycles. The molecule has 2 aromatic carbocycles. The minimum absolute atomic E-state index is 0.247. The van der Waals surface area contributed by atoms with Gasteiger partial charge in [0.2, 0.25) is 0 Å². The number of hydrogen-bond acceptors (Lipinski definition) is 4. The lowest BCUT2D eigenvalue weighted by atomic mass is 9.96. The highest BCUT2D eigenvalue weighted by atomic mass is 32.2. The van der Waals surface area contributed by atoms with Gasteiger partial charge in [-0.3, -0.25) is 4.98 Å². The summed E-state index contributed by atoms with van der Waals surface area (Å²) in [5, 5.41) is 8.94.